The summed E-state index contributed by atoms with van der Waals surface area (Å²) in [6, 6.07) is -3.88. The van der Waals surface area contributed by atoms with E-state index in [-0.39, 0.29) is 31.7 Å². The lowest BCUT2D eigenvalue weighted by Gasteiger charge is -2.49. The Bertz CT molecular complexity index is 774. The van der Waals surface area contributed by atoms with Crippen LogP contribution < -0.4 is 33.6 Å². The van der Waals surface area contributed by atoms with Gasteiger partial charge in [0.2, 0.25) is 0 Å². The molecule has 0 aromatic heterocycles. The summed E-state index contributed by atoms with van der Waals surface area (Å²) in [5.41, 5.74) is 23.8. The minimum Gasteiger partial charge on any atom is -0.395 e. The zero-order valence-corrected chi connectivity index (χ0v) is 23.8. The highest BCUT2D eigenvalue weighted by atomic mass is 16.7. The third-order valence-corrected chi connectivity index (χ3v) is 8.26. The first kappa shape index (κ1) is 35.8. The number of aliphatic hydroxyl groups excluding tert-OH is 7. The number of nitrogens with one attached hydrogen (secondary N) is 2. The molecule has 1 aliphatic carbocycles. The Morgan fingerprint density at radius 1 is 0.857 bits per heavy atom. The number of hydrogen-bond donors (Lipinski definition) is 13. The largest absolute Gasteiger partial charge is 0.395 e. The molecule has 248 valence electrons. The maximum atomic E-state index is 11.6. The van der Waals surface area contributed by atoms with Crippen molar-refractivity contribution >= 4 is 0 Å². The van der Waals surface area contributed by atoms with Crippen molar-refractivity contribution in [3.8, 4) is 0 Å². The van der Waals surface area contributed by atoms with Crippen molar-refractivity contribution in [3.63, 3.8) is 0 Å². The third kappa shape index (κ3) is 8.95. The number of rotatable bonds is 15. The summed E-state index contributed by atoms with van der Waals surface area (Å²) >= 11 is 0. The molecule has 17 nitrogen and oxygen atoms in total. The maximum absolute atomic E-state index is 11.6. The maximum Gasteiger partial charge on any atom is 0.186 e. The number of aliphatic hydroxyl groups is 7. The van der Waals surface area contributed by atoms with Gasteiger partial charge in [0, 0.05) is 25.2 Å². The van der Waals surface area contributed by atoms with Crippen LogP contribution in [0.5, 0.6) is 0 Å². The van der Waals surface area contributed by atoms with Gasteiger partial charge >= 0.3 is 0 Å². The van der Waals surface area contributed by atoms with Gasteiger partial charge in [-0.25, -0.2) is 0 Å². The molecule has 2 saturated heterocycles. The monoisotopic (exact) mass is 612 g/mol. The first-order valence-electron chi connectivity index (χ1n) is 14.7. The molecule has 0 spiro atoms. The van der Waals surface area contributed by atoms with Crippen molar-refractivity contribution in [1.82, 2.24) is 10.6 Å². The van der Waals surface area contributed by atoms with E-state index in [0.717, 1.165) is 0 Å². The summed E-state index contributed by atoms with van der Waals surface area (Å²) in [5.74, 6) is 0. The van der Waals surface area contributed by atoms with Crippen LogP contribution in [0.4, 0.5) is 0 Å². The molecule has 17 heteroatoms. The van der Waals surface area contributed by atoms with Gasteiger partial charge in [-0.05, 0) is 32.2 Å². The summed E-state index contributed by atoms with van der Waals surface area (Å²) in [4.78, 5) is 0. The lowest BCUT2D eigenvalue weighted by atomic mass is 9.83. The average Bonchev–Trinajstić information content (AvgIpc) is 2.98. The fourth-order valence-corrected chi connectivity index (χ4v) is 5.70. The van der Waals surface area contributed by atoms with Crippen molar-refractivity contribution in [2.45, 2.75) is 117 Å². The molecule has 17 N–H and O–H groups in total. The molecule has 0 radical (unpaired) electrons. The molecule has 3 rings (SSSR count). The molecule has 0 aromatic carbocycles. The van der Waals surface area contributed by atoms with E-state index in [0.29, 0.717) is 25.8 Å². The van der Waals surface area contributed by atoms with Crippen LogP contribution in [0.25, 0.3) is 0 Å². The van der Waals surface area contributed by atoms with Crippen LogP contribution in [0, 0.1) is 0 Å². The number of ether oxygens (including phenoxy) is 4. The lowest BCUT2D eigenvalue weighted by molar-refractivity contribution is -0.315. The highest BCUT2D eigenvalue weighted by Gasteiger charge is 2.51. The van der Waals surface area contributed by atoms with Crippen LogP contribution in [0.1, 0.15) is 25.7 Å². The standard InChI is InChI=1S/C25H52N6O11/c26-4-3-12(35)7-30-15-2-1-13(6-27)39-24(15)41-22-14(28)5-16(31-11(8-32)9-33)23(21(22)38)42-25-20(37)18(29)19(36)17(10-34)40-25/h11-25,30-38H,1-10,26-29H2/t12?,13-,14-,15+,16+,17+,18-,19+,20+,21-,22?,23-,24+,25+/m0/s1. The summed E-state index contributed by atoms with van der Waals surface area (Å²) in [6.07, 6.45) is -9.20. The molecule has 2 unspecified atom stereocenters. The Hall–Kier alpha value is -0.680. The number of hydrogen-bond acceptors (Lipinski definition) is 17. The van der Waals surface area contributed by atoms with E-state index in [1.165, 1.54) is 0 Å². The van der Waals surface area contributed by atoms with Gasteiger partial charge < -0.3 is 88.3 Å². The van der Waals surface area contributed by atoms with Crippen LogP contribution in [-0.4, -0.2) is 167 Å². The first-order valence-corrected chi connectivity index (χ1v) is 14.7. The van der Waals surface area contributed by atoms with Crippen LogP contribution in [-0.2, 0) is 18.9 Å². The van der Waals surface area contributed by atoms with Crippen molar-refractivity contribution in [2.24, 2.45) is 22.9 Å². The van der Waals surface area contributed by atoms with Crippen molar-refractivity contribution in [3.05, 3.63) is 0 Å². The van der Waals surface area contributed by atoms with Gasteiger partial charge in [0.05, 0.1) is 50.2 Å². The minimum absolute atomic E-state index is 0.143. The Labute approximate surface area is 245 Å². The van der Waals surface area contributed by atoms with Gasteiger partial charge in [-0.1, -0.05) is 0 Å². The fraction of sp³-hybridized carbons (Fsp3) is 1.00. The SMILES string of the molecule is NCCC(O)CN[C@@H]1CC[C@@H](CN)O[C@@H]1OC1[C@@H](N)C[C@@H](NC(CO)CO)[C@H](O[C@H]2O[C@H](CO)[C@@H](O)[C@H](N)[C@H]2O)[C@H]1O. The lowest BCUT2D eigenvalue weighted by Crippen LogP contribution is -2.69. The quantitative estimate of drug-likeness (QED) is 0.0817. The second-order valence-electron chi connectivity index (χ2n) is 11.4. The summed E-state index contributed by atoms with van der Waals surface area (Å²) < 4.78 is 24.0. The van der Waals surface area contributed by atoms with Gasteiger partial charge in [-0.3, -0.25) is 0 Å². The van der Waals surface area contributed by atoms with E-state index in [1.54, 1.807) is 0 Å². The molecule has 0 aromatic rings. The molecule has 2 heterocycles. The Kier molecular flexibility index (Phi) is 14.6. The van der Waals surface area contributed by atoms with E-state index in [1.807, 2.05) is 0 Å². The zero-order valence-electron chi connectivity index (χ0n) is 23.8. The second-order valence-corrected chi connectivity index (χ2v) is 11.4. The summed E-state index contributed by atoms with van der Waals surface area (Å²) in [6.45, 7) is -0.617. The van der Waals surface area contributed by atoms with Crippen molar-refractivity contribution < 1.29 is 54.7 Å². The average molecular weight is 613 g/mol. The van der Waals surface area contributed by atoms with Crippen molar-refractivity contribution in [1.29, 1.82) is 0 Å². The normalized spacial score (nSPS) is 42.1. The first-order chi connectivity index (χ1) is 20.1. The molecule has 0 bridgehead atoms. The van der Waals surface area contributed by atoms with Crippen LogP contribution in [0.3, 0.4) is 0 Å². The van der Waals surface area contributed by atoms with E-state index in [2.05, 4.69) is 10.6 Å². The summed E-state index contributed by atoms with van der Waals surface area (Å²) in [7, 11) is 0. The fourth-order valence-electron chi connectivity index (χ4n) is 5.70. The predicted molar refractivity (Wildman–Crippen MR) is 147 cm³/mol. The molecule has 42 heavy (non-hydrogen) atoms. The van der Waals surface area contributed by atoms with E-state index >= 15 is 0 Å². The smallest absolute Gasteiger partial charge is 0.186 e. The van der Waals surface area contributed by atoms with Crippen molar-refractivity contribution in [2.75, 3.05) is 39.5 Å². The third-order valence-electron chi connectivity index (χ3n) is 8.26. The molecule has 0 amide bonds. The molecule has 3 aliphatic rings. The molecule has 2 aliphatic heterocycles. The van der Waals surface area contributed by atoms with Crippen LogP contribution >= 0.6 is 0 Å². The van der Waals surface area contributed by atoms with Crippen LogP contribution in [0.15, 0.2) is 0 Å². The molecule has 1 saturated carbocycles. The highest BCUT2D eigenvalue weighted by Crippen LogP contribution is 2.32. The molecule has 14 atom stereocenters. The Balaban J connectivity index is 1.81. The Morgan fingerprint density at radius 2 is 1.55 bits per heavy atom. The molecular weight excluding hydrogens is 560 g/mol. The molecule has 3 fully saturated rings. The van der Waals surface area contributed by atoms with Crippen LogP contribution in [0.2, 0.25) is 0 Å². The van der Waals surface area contributed by atoms with Gasteiger partial charge in [0.25, 0.3) is 0 Å². The predicted octanol–water partition coefficient (Wildman–Crippen LogP) is -6.94. The zero-order chi connectivity index (χ0) is 31.0. The minimum atomic E-state index is -1.52. The van der Waals surface area contributed by atoms with E-state index < -0.39 is 99.3 Å². The van der Waals surface area contributed by atoms with E-state index in [9.17, 15) is 35.7 Å². The topological polar surface area (TPSA) is 307 Å². The summed E-state index contributed by atoms with van der Waals surface area (Å²) in [5, 5.41) is 77.9. The molecular formula is C25H52N6O11. The highest BCUT2D eigenvalue weighted by molar-refractivity contribution is 5.02. The van der Waals surface area contributed by atoms with Gasteiger partial charge in [-0.15, -0.1) is 0 Å². The Morgan fingerprint density at radius 3 is 2.17 bits per heavy atom. The number of nitrogens with two attached hydrogens (primary N) is 4. The van der Waals surface area contributed by atoms with E-state index in [4.69, 9.17) is 41.9 Å². The second kappa shape index (κ2) is 17.1. The van der Waals surface area contributed by atoms with Gasteiger partial charge in [-0.2, -0.15) is 0 Å². The van der Waals surface area contributed by atoms with Gasteiger partial charge in [0.1, 0.15) is 36.6 Å². The van der Waals surface area contributed by atoms with Gasteiger partial charge in [0.15, 0.2) is 12.6 Å².